The molecule has 32 heavy (non-hydrogen) atoms. The van der Waals surface area contributed by atoms with E-state index >= 15 is 0 Å². The van der Waals surface area contributed by atoms with Gasteiger partial charge < -0.3 is 14.8 Å². The Hall–Kier alpha value is -3.39. The Kier molecular flexibility index (Phi) is 5.64. The Labute approximate surface area is 188 Å². The van der Waals surface area contributed by atoms with Crippen LogP contribution in [0.15, 0.2) is 41.2 Å². The summed E-state index contributed by atoms with van der Waals surface area (Å²) < 4.78 is 6.84. The van der Waals surface area contributed by atoms with Crippen molar-refractivity contribution in [2.45, 2.75) is 33.7 Å². The van der Waals surface area contributed by atoms with Crippen LogP contribution >= 0.6 is 11.6 Å². The number of imidazole rings is 1. The van der Waals surface area contributed by atoms with E-state index in [1.807, 2.05) is 6.07 Å². The lowest BCUT2D eigenvalue weighted by Crippen LogP contribution is -2.28. The van der Waals surface area contributed by atoms with Gasteiger partial charge in [0.1, 0.15) is 18.1 Å². The topological polar surface area (TPSA) is 110 Å². The summed E-state index contributed by atoms with van der Waals surface area (Å²) >= 11 is 6.39. The molecule has 0 amide bonds. The van der Waals surface area contributed by atoms with Crippen molar-refractivity contribution in [3.05, 3.63) is 63.3 Å². The Morgan fingerprint density at radius 1 is 1.22 bits per heavy atom. The van der Waals surface area contributed by atoms with Crippen molar-refractivity contribution in [2.24, 2.45) is 5.41 Å². The highest BCUT2D eigenvalue weighted by atomic mass is 35.5. The van der Waals surface area contributed by atoms with Gasteiger partial charge in [-0.2, -0.15) is 5.10 Å². The van der Waals surface area contributed by atoms with E-state index < -0.39 is 18.1 Å². The van der Waals surface area contributed by atoms with Gasteiger partial charge in [-0.05, 0) is 17.5 Å². The number of benzene rings is 2. The van der Waals surface area contributed by atoms with E-state index in [1.54, 1.807) is 30.3 Å². The molecule has 2 N–H and O–H groups in total. The van der Waals surface area contributed by atoms with Gasteiger partial charge in [0.15, 0.2) is 0 Å². The Balaban J connectivity index is 1.72. The number of aromatic nitrogens is 4. The molecule has 9 heteroatoms. The molecular formula is C23H23ClN4O4. The number of carbonyl (C=O) groups is 1. The minimum absolute atomic E-state index is 0.0131. The average Bonchev–Trinajstić information content (AvgIpc) is 3.09. The van der Waals surface area contributed by atoms with Crippen LogP contribution in [0.5, 0.6) is 5.75 Å². The molecule has 0 aliphatic rings. The number of aromatic amines is 1. The molecule has 2 aromatic carbocycles. The number of fused-ring (bicyclic) bond motifs is 2. The Morgan fingerprint density at radius 2 is 1.94 bits per heavy atom. The third-order valence-electron chi connectivity index (χ3n) is 4.81. The van der Waals surface area contributed by atoms with Crippen LogP contribution in [0, 0.1) is 5.41 Å². The first-order valence-corrected chi connectivity index (χ1v) is 10.5. The highest BCUT2D eigenvalue weighted by molar-refractivity contribution is 6.32. The van der Waals surface area contributed by atoms with Crippen molar-refractivity contribution < 1.29 is 14.6 Å². The Bertz CT molecular complexity index is 1380. The highest BCUT2D eigenvalue weighted by Crippen LogP contribution is 2.31. The summed E-state index contributed by atoms with van der Waals surface area (Å²) in [6.07, 6.45) is 0.283. The summed E-state index contributed by atoms with van der Waals surface area (Å²) in [7, 11) is 0. The maximum Gasteiger partial charge on any atom is 0.325 e. The lowest BCUT2D eigenvalue weighted by Gasteiger charge is -2.19. The summed E-state index contributed by atoms with van der Waals surface area (Å²) in [4.78, 5) is 31.6. The highest BCUT2D eigenvalue weighted by Gasteiger charge is 2.17. The number of halogens is 1. The fraction of sp³-hybridized carbons (Fsp3) is 0.304. The van der Waals surface area contributed by atoms with E-state index in [2.05, 4.69) is 35.8 Å². The van der Waals surface area contributed by atoms with Crippen molar-refractivity contribution in [1.82, 2.24) is 19.7 Å². The maximum absolute atomic E-state index is 12.6. The second kappa shape index (κ2) is 8.27. The van der Waals surface area contributed by atoms with Crippen molar-refractivity contribution >= 4 is 39.4 Å². The molecule has 0 radical (unpaired) electrons. The average molecular weight is 455 g/mol. The van der Waals surface area contributed by atoms with Crippen molar-refractivity contribution in [3.63, 3.8) is 0 Å². The SMILES string of the molecule is CC(C)(C)COc1cc2nc(Cc3nn(CC(=O)O)c(=O)c4ccccc34)[nH]c2cc1Cl. The van der Waals surface area contributed by atoms with Gasteiger partial charge in [0.05, 0.1) is 40.2 Å². The van der Waals surface area contributed by atoms with Gasteiger partial charge >= 0.3 is 5.97 Å². The molecule has 4 aromatic rings. The standard InChI is InChI=1S/C23H23ClN4O4/c1-23(2,3)12-32-19-9-18-17(8-15(19)24)25-20(26-18)10-16-13-6-4-5-7-14(13)22(31)28(27-16)11-21(29)30/h4-9H,10-12H2,1-3H3,(H,25,26)(H,29,30). The fourth-order valence-corrected chi connectivity index (χ4v) is 3.60. The van der Waals surface area contributed by atoms with E-state index in [-0.39, 0.29) is 11.8 Å². The monoisotopic (exact) mass is 454 g/mol. The molecular weight excluding hydrogens is 432 g/mol. The molecule has 0 spiro atoms. The van der Waals surface area contributed by atoms with Gasteiger partial charge in [-0.3, -0.25) is 9.59 Å². The summed E-state index contributed by atoms with van der Waals surface area (Å²) in [6, 6.07) is 10.6. The molecule has 0 fully saturated rings. The molecule has 0 saturated carbocycles. The normalized spacial score (nSPS) is 11.9. The zero-order valence-electron chi connectivity index (χ0n) is 18.0. The second-order valence-electron chi connectivity index (χ2n) is 8.86. The van der Waals surface area contributed by atoms with Crippen LogP contribution in [-0.4, -0.2) is 37.4 Å². The van der Waals surface area contributed by atoms with Gasteiger partial charge in [-0.25, -0.2) is 9.67 Å². The van der Waals surface area contributed by atoms with Gasteiger partial charge in [0, 0.05) is 11.5 Å². The number of aliphatic carboxylic acids is 1. The molecule has 4 rings (SSSR count). The van der Waals surface area contributed by atoms with Gasteiger partial charge in [-0.15, -0.1) is 0 Å². The summed E-state index contributed by atoms with van der Waals surface area (Å²) in [5.41, 5.74) is 1.54. The van der Waals surface area contributed by atoms with E-state index in [9.17, 15) is 9.59 Å². The lowest BCUT2D eigenvalue weighted by atomic mass is 9.99. The van der Waals surface area contributed by atoms with E-state index in [4.69, 9.17) is 21.4 Å². The number of rotatable bonds is 6. The number of hydrogen-bond acceptors (Lipinski definition) is 5. The molecule has 2 heterocycles. The molecule has 166 valence electrons. The number of H-pyrrole nitrogens is 1. The number of nitrogens with zero attached hydrogens (tertiary/aromatic N) is 3. The first kappa shape index (κ1) is 21.8. The summed E-state index contributed by atoms with van der Waals surface area (Å²) in [5, 5.41) is 15.0. The third-order valence-corrected chi connectivity index (χ3v) is 5.10. The third kappa shape index (κ3) is 4.60. The molecule has 0 atom stereocenters. The zero-order chi connectivity index (χ0) is 23.0. The summed E-state index contributed by atoms with van der Waals surface area (Å²) in [6.45, 7) is 6.23. The molecule has 0 saturated heterocycles. The van der Waals surface area contributed by atoms with Crippen LogP contribution < -0.4 is 10.3 Å². The lowest BCUT2D eigenvalue weighted by molar-refractivity contribution is -0.138. The number of carboxylic acid groups (broad SMARTS) is 1. The first-order chi connectivity index (χ1) is 15.1. The van der Waals surface area contributed by atoms with Crippen LogP contribution in [0.25, 0.3) is 21.8 Å². The quantitative estimate of drug-likeness (QED) is 0.455. The maximum atomic E-state index is 12.6. The van der Waals surface area contributed by atoms with Gasteiger partial charge in [-0.1, -0.05) is 50.6 Å². The first-order valence-electron chi connectivity index (χ1n) is 10.1. The molecule has 0 aliphatic heterocycles. The van der Waals surface area contributed by atoms with Crippen molar-refractivity contribution in [1.29, 1.82) is 0 Å². The van der Waals surface area contributed by atoms with Gasteiger partial charge in [0.25, 0.3) is 5.56 Å². The number of ether oxygens (including phenoxy) is 1. The molecule has 0 aliphatic carbocycles. The smallest absolute Gasteiger partial charge is 0.325 e. The predicted molar refractivity (Wildman–Crippen MR) is 122 cm³/mol. The molecule has 0 bridgehead atoms. The number of nitrogens with one attached hydrogen (secondary N) is 1. The van der Waals surface area contributed by atoms with Crippen LogP contribution in [0.1, 0.15) is 32.3 Å². The minimum atomic E-state index is -1.14. The second-order valence-corrected chi connectivity index (χ2v) is 9.27. The van der Waals surface area contributed by atoms with Gasteiger partial charge in [0.2, 0.25) is 0 Å². The van der Waals surface area contributed by atoms with Crippen molar-refractivity contribution in [2.75, 3.05) is 6.61 Å². The van der Waals surface area contributed by atoms with E-state index in [0.29, 0.717) is 45.2 Å². The van der Waals surface area contributed by atoms with Crippen LogP contribution in [0.4, 0.5) is 0 Å². The van der Waals surface area contributed by atoms with Crippen LogP contribution in [0.2, 0.25) is 5.02 Å². The number of carboxylic acids is 1. The van der Waals surface area contributed by atoms with Crippen LogP contribution in [0.3, 0.4) is 0 Å². The van der Waals surface area contributed by atoms with E-state index in [0.717, 1.165) is 10.2 Å². The number of hydrogen-bond donors (Lipinski definition) is 2. The van der Waals surface area contributed by atoms with Crippen molar-refractivity contribution in [3.8, 4) is 5.75 Å². The Morgan fingerprint density at radius 3 is 2.62 bits per heavy atom. The fourth-order valence-electron chi connectivity index (χ4n) is 3.38. The molecule has 0 unspecified atom stereocenters. The summed E-state index contributed by atoms with van der Waals surface area (Å²) in [5.74, 6) is 0.0370. The molecule has 8 nitrogen and oxygen atoms in total. The van der Waals surface area contributed by atoms with E-state index in [1.165, 1.54) is 0 Å². The molecule has 2 aromatic heterocycles. The largest absolute Gasteiger partial charge is 0.491 e. The van der Waals surface area contributed by atoms with Crippen LogP contribution in [-0.2, 0) is 17.8 Å². The minimum Gasteiger partial charge on any atom is -0.491 e. The zero-order valence-corrected chi connectivity index (χ0v) is 18.7. The predicted octanol–water partition coefficient (Wildman–Crippen LogP) is 4.03.